The molecule has 0 aromatic heterocycles. The molecule has 0 fully saturated rings. The first-order chi connectivity index (χ1) is 17.1. The molecule has 0 saturated heterocycles. The van der Waals surface area contributed by atoms with Crippen molar-refractivity contribution in [2.75, 3.05) is 38.9 Å². The third kappa shape index (κ3) is 5.63. The van der Waals surface area contributed by atoms with Crippen LogP contribution in [-0.4, -0.2) is 47.9 Å². The SMILES string of the molecule is COc1cc(OC)c(/C=C/S(=O)(=O)Nc2cc(C(=O)O)c(-c3ccccc3OC)cc2N)c(OC)c1. The number of aromatic carboxylic acids is 1. The van der Waals surface area contributed by atoms with Crippen LogP contribution in [0.15, 0.2) is 53.9 Å². The predicted molar refractivity (Wildman–Crippen MR) is 137 cm³/mol. The van der Waals surface area contributed by atoms with Crippen LogP contribution in [0.1, 0.15) is 15.9 Å². The first kappa shape index (κ1) is 26.2. The smallest absolute Gasteiger partial charge is 0.336 e. The van der Waals surface area contributed by atoms with Crippen molar-refractivity contribution in [3.63, 3.8) is 0 Å². The molecule has 3 aromatic rings. The zero-order valence-corrected chi connectivity index (χ0v) is 20.9. The van der Waals surface area contributed by atoms with Crippen molar-refractivity contribution in [1.29, 1.82) is 0 Å². The molecule has 0 radical (unpaired) electrons. The molecule has 3 aromatic carbocycles. The van der Waals surface area contributed by atoms with Gasteiger partial charge in [0, 0.05) is 23.3 Å². The van der Waals surface area contributed by atoms with Crippen LogP contribution in [0, 0.1) is 0 Å². The Morgan fingerprint density at radius 1 is 0.889 bits per heavy atom. The lowest BCUT2D eigenvalue weighted by atomic mass is 9.97. The number of para-hydroxylation sites is 1. The molecule has 190 valence electrons. The normalized spacial score (nSPS) is 11.2. The van der Waals surface area contributed by atoms with E-state index >= 15 is 0 Å². The second-order valence-corrected chi connectivity index (χ2v) is 8.95. The molecule has 36 heavy (non-hydrogen) atoms. The third-order valence-corrected chi connectivity index (χ3v) is 6.24. The van der Waals surface area contributed by atoms with Gasteiger partial charge in [-0.1, -0.05) is 18.2 Å². The molecule has 0 spiro atoms. The number of nitrogens with two attached hydrogens (primary N) is 1. The van der Waals surface area contributed by atoms with E-state index in [-0.39, 0.29) is 22.5 Å². The van der Waals surface area contributed by atoms with Gasteiger partial charge in [-0.25, -0.2) is 13.2 Å². The van der Waals surface area contributed by atoms with Gasteiger partial charge < -0.3 is 29.8 Å². The molecule has 0 aliphatic carbocycles. The summed E-state index contributed by atoms with van der Waals surface area (Å²) < 4.78 is 49.2. The number of benzene rings is 3. The van der Waals surface area contributed by atoms with Gasteiger partial charge in [0.05, 0.1) is 56.3 Å². The summed E-state index contributed by atoms with van der Waals surface area (Å²) in [4.78, 5) is 12.0. The summed E-state index contributed by atoms with van der Waals surface area (Å²) in [6, 6.07) is 12.5. The Bertz CT molecular complexity index is 1390. The fourth-order valence-corrected chi connectivity index (χ4v) is 4.38. The van der Waals surface area contributed by atoms with Crippen LogP contribution in [0.2, 0.25) is 0 Å². The maximum atomic E-state index is 12.9. The zero-order valence-electron chi connectivity index (χ0n) is 20.1. The summed E-state index contributed by atoms with van der Waals surface area (Å²) in [5.74, 6) is 0.293. The Balaban J connectivity index is 2.01. The zero-order chi connectivity index (χ0) is 26.5. The lowest BCUT2D eigenvalue weighted by Gasteiger charge is -2.15. The number of anilines is 2. The fraction of sp³-hybridized carbons (Fsp3) is 0.160. The first-order valence-corrected chi connectivity index (χ1v) is 12.0. The van der Waals surface area contributed by atoms with Gasteiger partial charge in [0.15, 0.2) is 0 Å². The van der Waals surface area contributed by atoms with Gasteiger partial charge in [-0.05, 0) is 24.3 Å². The number of hydrogen-bond donors (Lipinski definition) is 3. The average molecular weight is 515 g/mol. The number of nitrogen functional groups attached to an aromatic ring is 1. The number of ether oxygens (including phenoxy) is 4. The summed E-state index contributed by atoms with van der Waals surface area (Å²) >= 11 is 0. The second-order valence-electron chi connectivity index (χ2n) is 7.39. The van der Waals surface area contributed by atoms with E-state index in [1.54, 1.807) is 36.4 Å². The van der Waals surface area contributed by atoms with Gasteiger partial charge in [0.2, 0.25) is 0 Å². The minimum Gasteiger partial charge on any atom is -0.496 e. The van der Waals surface area contributed by atoms with Gasteiger partial charge >= 0.3 is 5.97 Å². The van der Waals surface area contributed by atoms with Crippen LogP contribution in [0.4, 0.5) is 11.4 Å². The standard InChI is InChI=1S/C25H26N2O8S/c1-32-15-11-23(34-3)17(24(12-15)35-4)9-10-36(30,31)27-21-14-19(25(28)29)18(13-20(21)26)16-7-5-6-8-22(16)33-2/h5-14,27H,26H2,1-4H3,(H,28,29)/b10-9+. The van der Waals surface area contributed by atoms with Crippen molar-refractivity contribution in [3.8, 4) is 34.1 Å². The van der Waals surface area contributed by atoms with Gasteiger partial charge in [-0.2, -0.15) is 0 Å². The molecular weight excluding hydrogens is 488 g/mol. The molecule has 0 heterocycles. The summed E-state index contributed by atoms with van der Waals surface area (Å²) in [5.41, 5.74) is 7.03. The van der Waals surface area contributed by atoms with E-state index < -0.39 is 16.0 Å². The van der Waals surface area contributed by atoms with E-state index in [0.29, 0.717) is 34.1 Å². The summed E-state index contributed by atoms with van der Waals surface area (Å²) in [6.07, 6.45) is 1.29. The van der Waals surface area contributed by atoms with E-state index in [0.717, 1.165) is 5.41 Å². The van der Waals surface area contributed by atoms with Crippen molar-refractivity contribution >= 4 is 33.4 Å². The quantitative estimate of drug-likeness (QED) is 0.341. The average Bonchev–Trinajstić information content (AvgIpc) is 2.87. The number of carboxylic acid groups (broad SMARTS) is 1. The van der Waals surface area contributed by atoms with Crippen LogP contribution < -0.4 is 29.4 Å². The molecule has 0 aliphatic rings. The Hall–Kier alpha value is -4.38. The summed E-state index contributed by atoms with van der Waals surface area (Å²) in [5, 5.41) is 10.7. The highest BCUT2D eigenvalue weighted by molar-refractivity contribution is 7.95. The molecule has 0 atom stereocenters. The minimum atomic E-state index is -4.12. The number of nitrogens with one attached hydrogen (secondary N) is 1. The Labute approximate surface area is 208 Å². The molecular formula is C25H26N2O8S. The highest BCUT2D eigenvalue weighted by Crippen LogP contribution is 2.38. The molecule has 4 N–H and O–H groups in total. The van der Waals surface area contributed by atoms with Crippen molar-refractivity contribution in [3.05, 3.63) is 65.1 Å². The molecule has 0 saturated carbocycles. The number of carboxylic acids is 1. The molecule has 0 amide bonds. The van der Waals surface area contributed by atoms with Crippen LogP contribution >= 0.6 is 0 Å². The van der Waals surface area contributed by atoms with E-state index in [1.807, 2.05) is 0 Å². The van der Waals surface area contributed by atoms with Gasteiger partial charge in [0.1, 0.15) is 23.0 Å². The number of methoxy groups -OCH3 is 4. The van der Waals surface area contributed by atoms with E-state index in [2.05, 4.69) is 4.72 Å². The van der Waals surface area contributed by atoms with Crippen LogP contribution in [0.5, 0.6) is 23.0 Å². The van der Waals surface area contributed by atoms with Gasteiger partial charge in [-0.15, -0.1) is 0 Å². The largest absolute Gasteiger partial charge is 0.496 e. The summed E-state index contributed by atoms with van der Waals surface area (Å²) in [6.45, 7) is 0. The van der Waals surface area contributed by atoms with Crippen molar-refractivity contribution in [1.82, 2.24) is 0 Å². The molecule has 0 unspecified atom stereocenters. The molecule has 0 aliphatic heterocycles. The number of sulfonamides is 1. The minimum absolute atomic E-state index is 0.0255. The number of carbonyl (C=O) groups is 1. The Kier molecular flexibility index (Phi) is 7.95. The number of rotatable bonds is 10. The lowest BCUT2D eigenvalue weighted by molar-refractivity contribution is 0.0697. The number of hydrogen-bond acceptors (Lipinski definition) is 8. The highest BCUT2D eigenvalue weighted by atomic mass is 32.2. The van der Waals surface area contributed by atoms with Crippen LogP contribution in [0.25, 0.3) is 17.2 Å². The highest BCUT2D eigenvalue weighted by Gasteiger charge is 2.20. The second kappa shape index (κ2) is 10.9. The van der Waals surface area contributed by atoms with Crippen LogP contribution in [0.3, 0.4) is 0 Å². The van der Waals surface area contributed by atoms with Gasteiger partial charge in [-0.3, -0.25) is 4.72 Å². The molecule has 11 heteroatoms. The third-order valence-electron chi connectivity index (χ3n) is 5.24. The van der Waals surface area contributed by atoms with Gasteiger partial charge in [0.25, 0.3) is 10.0 Å². The van der Waals surface area contributed by atoms with E-state index in [1.165, 1.54) is 46.6 Å². The molecule has 10 nitrogen and oxygen atoms in total. The fourth-order valence-electron chi connectivity index (χ4n) is 3.51. The molecule has 3 rings (SSSR count). The van der Waals surface area contributed by atoms with Crippen molar-refractivity contribution in [2.45, 2.75) is 0 Å². The van der Waals surface area contributed by atoms with E-state index in [9.17, 15) is 18.3 Å². The maximum absolute atomic E-state index is 12.9. The predicted octanol–water partition coefficient (Wildman–Crippen LogP) is 4.08. The Morgan fingerprint density at radius 2 is 1.50 bits per heavy atom. The van der Waals surface area contributed by atoms with Crippen molar-refractivity contribution < 1.29 is 37.3 Å². The van der Waals surface area contributed by atoms with Crippen molar-refractivity contribution in [2.24, 2.45) is 0 Å². The topological polar surface area (TPSA) is 146 Å². The summed E-state index contributed by atoms with van der Waals surface area (Å²) in [7, 11) is 1.67. The maximum Gasteiger partial charge on any atom is 0.336 e. The lowest BCUT2D eigenvalue weighted by Crippen LogP contribution is -2.12. The first-order valence-electron chi connectivity index (χ1n) is 10.4. The Morgan fingerprint density at radius 3 is 2.06 bits per heavy atom. The van der Waals surface area contributed by atoms with Crippen LogP contribution in [-0.2, 0) is 10.0 Å². The van der Waals surface area contributed by atoms with E-state index in [4.69, 9.17) is 24.7 Å². The monoisotopic (exact) mass is 514 g/mol. The molecule has 0 bridgehead atoms.